The van der Waals surface area contributed by atoms with Crippen LogP contribution in [0.1, 0.15) is 13.8 Å². The van der Waals surface area contributed by atoms with Crippen molar-refractivity contribution < 1.29 is 13.2 Å². The van der Waals surface area contributed by atoms with Crippen molar-refractivity contribution in [2.75, 3.05) is 32.5 Å². The highest BCUT2D eigenvalue weighted by Crippen LogP contribution is 2.25. The fourth-order valence-corrected chi connectivity index (χ4v) is 3.59. The van der Waals surface area contributed by atoms with Crippen LogP contribution in [-0.4, -0.2) is 39.5 Å². The van der Waals surface area contributed by atoms with E-state index in [2.05, 4.69) is 0 Å². The van der Waals surface area contributed by atoms with Crippen LogP contribution in [0.2, 0.25) is 5.02 Å². The van der Waals surface area contributed by atoms with Gasteiger partial charge in [-0.05, 0) is 24.1 Å². The molecule has 1 aromatic rings. The van der Waals surface area contributed by atoms with Crippen LogP contribution in [-0.2, 0) is 14.8 Å². The first-order valence-electron chi connectivity index (χ1n) is 6.33. The highest BCUT2D eigenvalue weighted by molar-refractivity contribution is 7.89. The zero-order valence-electron chi connectivity index (χ0n) is 12.0. The summed E-state index contributed by atoms with van der Waals surface area (Å²) >= 11 is 5.90. The molecule has 0 radical (unpaired) electrons. The summed E-state index contributed by atoms with van der Waals surface area (Å²) in [4.78, 5) is 0.147. The molecule has 5 nitrogen and oxygen atoms in total. The quantitative estimate of drug-likeness (QED) is 0.782. The first-order chi connectivity index (χ1) is 9.28. The minimum atomic E-state index is -3.59. The number of benzene rings is 1. The number of methoxy groups -OCH3 is 1. The van der Waals surface area contributed by atoms with Gasteiger partial charge in [-0.15, -0.1) is 0 Å². The average molecular weight is 321 g/mol. The molecule has 0 aliphatic rings. The summed E-state index contributed by atoms with van der Waals surface area (Å²) in [5, 5.41) is 0.238. The minimum Gasteiger partial charge on any atom is -0.398 e. The molecule has 7 heteroatoms. The van der Waals surface area contributed by atoms with Gasteiger partial charge in [-0.25, -0.2) is 8.42 Å². The summed E-state index contributed by atoms with van der Waals surface area (Å²) < 4.78 is 31.6. The molecule has 0 heterocycles. The summed E-state index contributed by atoms with van der Waals surface area (Å²) in [6.45, 7) is 5.00. The van der Waals surface area contributed by atoms with Crippen molar-refractivity contribution in [3.63, 3.8) is 0 Å². The first kappa shape index (κ1) is 17.2. The van der Waals surface area contributed by atoms with Crippen LogP contribution in [0, 0.1) is 5.92 Å². The Kier molecular flexibility index (Phi) is 6.26. The van der Waals surface area contributed by atoms with Gasteiger partial charge in [0.2, 0.25) is 10.0 Å². The van der Waals surface area contributed by atoms with Crippen molar-refractivity contribution >= 4 is 27.3 Å². The van der Waals surface area contributed by atoms with E-state index in [0.717, 1.165) is 0 Å². The molecule has 0 saturated carbocycles. The van der Waals surface area contributed by atoms with Gasteiger partial charge >= 0.3 is 0 Å². The molecule has 0 fully saturated rings. The van der Waals surface area contributed by atoms with Gasteiger partial charge in [0.1, 0.15) is 0 Å². The summed E-state index contributed by atoms with van der Waals surface area (Å²) in [5.74, 6) is 0.214. The first-order valence-corrected chi connectivity index (χ1v) is 8.15. The molecule has 0 spiro atoms. The zero-order chi connectivity index (χ0) is 15.3. The molecular formula is C13H21ClN2O3S. The Morgan fingerprint density at radius 1 is 1.40 bits per heavy atom. The fraction of sp³-hybridized carbons (Fsp3) is 0.538. The van der Waals surface area contributed by atoms with Crippen LogP contribution in [0.3, 0.4) is 0 Å². The second-order valence-electron chi connectivity index (χ2n) is 4.93. The Morgan fingerprint density at radius 3 is 2.55 bits per heavy atom. The normalized spacial score (nSPS) is 12.3. The van der Waals surface area contributed by atoms with Gasteiger partial charge in [0.15, 0.2) is 0 Å². The van der Waals surface area contributed by atoms with Gasteiger partial charge in [-0.3, -0.25) is 0 Å². The van der Waals surface area contributed by atoms with Gasteiger partial charge in [0.25, 0.3) is 0 Å². The standard InChI is InChI=1S/C13H21ClN2O3S/c1-10(2)9-16(6-7-19-3)20(17,18)11-4-5-13(15)12(14)8-11/h4-5,8,10H,6-7,9,15H2,1-3H3. The van der Waals surface area contributed by atoms with Gasteiger partial charge < -0.3 is 10.5 Å². The molecule has 20 heavy (non-hydrogen) atoms. The molecule has 1 rings (SSSR count). The monoisotopic (exact) mass is 320 g/mol. The third-order valence-electron chi connectivity index (χ3n) is 2.72. The van der Waals surface area contributed by atoms with E-state index in [-0.39, 0.29) is 15.8 Å². The second kappa shape index (κ2) is 7.26. The topological polar surface area (TPSA) is 72.6 Å². The molecule has 0 saturated heterocycles. The predicted octanol–water partition coefficient (Wildman–Crippen LogP) is 2.22. The third kappa shape index (κ3) is 4.34. The molecule has 114 valence electrons. The van der Waals surface area contributed by atoms with Crippen LogP contribution >= 0.6 is 11.6 Å². The lowest BCUT2D eigenvalue weighted by Gasteiger charge is -2.23. The lowest BCUT2D eigenvalue weighted by Crippen LogP contribution is -2.36. The maximum atomic E-state index is 12.6. The van der Waals surface area contributed by atoms with E-state index in [0.29, 0.717) is 25.4 Å². The highest BCUT2D eigenvalue weighted by atomic mass is 35.5. The lowest BCUT2D eigenvalue weighted by molar-refractivity contribution is 0.175. The minimum absolute atomic E-state index is 0.147. The van der Waals surface area contributed by atoms with Crippen molar-refractivity contribution in [3.05, 3.63) is 23.2 Å². The molecule has 0 aromatic heterocycles. The van der Waals surface area contributed by atoms with Crippen LogP contribution in [0.5, 0.6) is 0 Å². The molecular weight excluding hydrogens is 300 g/mol. The Hall–Kier alpha value is -0.820. The highest BCUT2D eigenvalue weighted by Gasteiger charge is 2.25. The summed E-state index contributed by atoms with van der Waals surface area (Å²) in [7, 11) is -2.05. The summed E-state index contributed by atoms with van der Waals surface area (Å²) in [6.07, 6.45) is 0. The largest absolute Gasteiger partial charge is 0.398 e. The van der Waals surface area contributed by atoms with Crippen molar-refractivity contribution in [1.82, 2.24) is 4.31 Å². The number of hydrogen-bond acceptors (Lipinski definition) is 4. The summed E-state index contributed by atoms with van der Waals surface area (Å²) in [6, 6.07) is 4.35. The zero-order valence-corrected chi connectivity index (χ0v) is 13.5. The number of sulfonamides is 1. The van der Waals surface area contributed by atoms with Gasteiger partial charge in [-0.1, -0.05) is 25.4 Å². The van der Waals surface area contributed by atoms with Crippen molar-refractivity contribution in [1.29, 1.82) is 0 Å². The molecule has 0 atom stereocenters. The predicted molar refractivity (Wildman–Crippen MR) is 81.3 cm³/mol. The van der Waals surface area contributed by atoms with Crippen molar-refractivity contribution in [3.8, 4) is 0 Å². The molecule has 0 aliphatic carbocycles. The average Bonchev–Trinajstić information content (AvgIpc) is 2.37. The Labute approximate surface area is 125 Å². The Balaban J connectivity index is 3.10. The Bertz CT molecular complexity index is 547. The van der Waals surface area contributed by atoms with E-state index >= 15 is 0 Å². The lowest BCUT2D eigenvalue weighted by atomic mass is 10.2. The molecule has 0 aliphatic heterocycles. The second-order valence-corrected chi connectivity index (χ2v) is 7.28. The molecule has 0 unspecified atom stereocenters. The van der Waals surface area contributed by atoms with Crippen molar-refractivity contribution in [2.24, 2.45) is 5.92 Å². The smallest absolute Gasteiger partial charge is 0.243 e. The maximum Gasteiger partial charge on any atom is 0.243 e. The number of hydrogen-bond donors (Lipinski definition) is 1. The number of anilines is 1. The Morgan fingerprint density at radius 2 is 2.05 bits per heavy atom. The fourth-order valence-electron chi connectivity index (χ4n) is 1.73. The van der Waals surface area contributed by atoms with E-state index in [1.54, 1.807) is 7.11 Å². The third-order valence-corrected chi connectivity index (χ3v) is 4.91. The van der Waals surface area contributed by atoms with E-state index < -0.39 is 10.0 Å². The molecule has 2 N–H and O–H groups in total. The van der Waals surface area contributed by atoms with Crippen LogP contribution < -0.4 is 5.73 Å². The number of nitrogen functional groups attached to an aromatic ring is 1. The number of ether oxygens (including phenoxy) is 1. The molecule has 0 amide bonds. The van der Waals surface area contributed by atoms with Gasteiger partial charge in [0.05, 0.1) is 22.2 Å². The number of nitrogens with two attached hydrogens (primary N) is 1. The van der Waals surface area contributed by atoms with Crippen LogP contribution in [0.4, 0.5) is 5.69 Å². The van der Waals surface area contributed by atoms with Gasteiger partial charge in [0, 0.05) is 20.2 Å². The van der Waals surface area contributed by atoms with Crippen LogP contribution in [0.25, 0.3) is 0 Å². The van der Waals surface area contributed by atoms with E-state index in [1.807, 2.05) is 13.8 Å². The summed E-state index contributed by atoms with van der Waals surface area (Å²) in [5.41, 5.74) is 5.97. The number of halogens is 1. The van der Waals surface area contributed by atoms with E-state index in [1.165, 1.54) is 22.5 Å². The molecule has 1 aromatic carbocycles. The number of rotatable bonds is 7. The molecule has 0 bridgehead atoms. The SMILES string of the molecule is COCCN(CC(C)C)S(=O)(=O)c1ccc(N)c(Cl)c1. The van der Waals surface area contributed by atoms with Crippen LogP contribution in [0.15, 0.2) is 23.1 Å². The maximum absolute atomic E-state index is 12.6. The van der Waals surface area contributed by atoms with Crippen molar-refractivity contribution in [2.45, 2.75) is 18.7 Å². The number of nitrogens with zero attached hydrogens (tertiary/aromatic N) is 1. The van der Waals surface area contributed by atoms with E-state index in [4.69, 9.17) is 22.1 Å². The van der Waals surface area contributed by atoms with E-state index in [9.17, 15) is 8.42 Å². The van der Waals surface area contributed by atoms with Gasteiger partial charge in [-0.2, -0.15) is 4.31 Å².